The first kappa shape index (κ1) is 21.3. The minimum atomic E-state index is -0.358. The first-order valence-corrected chi connectivity index (χ1v) is 9.98. The lowest BCUT2D eigenvalue weighted by molar-refractivity contribution is -0.141. The number of fused-ring (bicyclic) bond motifs is 2. The largest absolute Gasteiger partial charge is 0.465 e. The van der Waals surface area contributed by atoms with Crippen molar-refractivity contribution in [3.05, 3.63) is 77.7 Å². The molecule has 0 amide bonds. The first-order valence-electron chi connectivity index (χ1n) is 9.19. The number of hydrogen-bond acceptors (Lipinski definition) is 6. The number of nitrogens with two attached hydrogens (primary N) is 1. The average Bonchev–Trinajstić information content (AvgIpc) is 3.40. The second-order valence-corrected chi connectivity index (χ2v) is 6.96. The molecule has 4 aromatic heterocycles. The Morgan fingerprint density at radius 1 is 1.13 bits per heavy atom. The Kier molecular flexibility index (Phi) is 7.34. The molecular weight excluding hydrogens is 448 g/mol. The van der Waals surface area contributed by atoms with Gasteiger partial charge in [-0.15, -0.1) is 0 Å². The van der Waals surface area contributed by atoms with Crippen LogP contribution in [0.3, 0.4) is 0 Å². The van der Waals surface area contributed by atoms with Crippen LogP contribution >= 0.6 is 15.9 Å². The summed E-state index contributed by atoms with van der Waals surface area (Å²) in [7, 11) is 0. The molecule has 0 atom stereocenters. The maximum atomic E-state index is 11.2. The van der Waals surface area contributed by atoms with Gasteiger partial charge in [0.25, 0.3) is 0 Å². The molecule has 0 spiro atoms. The summed E-state index contributed by atoms with van der Waals surface area (Å²) in [4.78, 5) is 23.5. The van der Waals surface area contributed by atoms with E-state index in [1.54, 1.807) is 25.5 Å². The van der Waals surface area contributed by atoms with Crippen LogP contribution in [-0.2, 0) is 9.53 Å². The lowest BCUT2D eigenvalue weighted by Gasteiger charge is -2.02. The van der Waals surface area contributed by atoms with E-state index in [0.717, 1.165) is 26.9 Å². The Bertz CT molecular complexity index is 1190. The topological polar surface area (TPSA) is 99.3 Å². The van der Waals surface area contributed by atoms with Gasteiger partial charge in [-0.2, -0.15) is 0 Å². The number of carbonyl (C=O) groups is 1. The molecule has 4 heterocycles. The molecular formula is C21H21BrN6O2. The molecule has 0 aliphatic rings. The van der Waals surface area contributed by atoms with Crippen molar-refractivity contribution in [3.8, 4) is 0 Å². The highest BCUT2D eigenvalue weighted by Crippen LogP contribution is 2.14. The average molecular weight is 469 g/mol. The summed E-state index contributed by atoms with van der Waals surface area (Å²) >= 11 is 3.36. The van der Waals surface area contributed by atoms with E-state index < -0.39 is 0 Å². The van der Waals surface area contributed by atoms with Crippen molar-refractivity contribution in [3.63, 3.8) is 0 Å². The van der Waals surface area contributed by atoms with Crippen molar-refractivity contribution >= 4 is 45.0 Å². The number of carbonyl (C=O) groups excluding carboxylic acids is 1. The quantitative estimate of drug-likeness (QED) is 0.357. The van der Waals surface area contributed by atoms with Gasteiger partial charge in [-0.05, 0) is 36.8 Å². The van der Waals surface area contributed by atoms with Gasteiger partial charge in [-0.25, -0.2) is 9.97 Å². The SMILES string of the molecule is Brc1ccn2ccnc2c1.CCOC(=O)CN=CC(=CN)c1ccn2ccnc2c1. The van der Waals surface area contributed by atoms with Gasteiger partial charge in [0.15, 0.2) is 0 Å². The van der Waals surface area contributed by atoms with Crippen LogP contribution in [0.25, 0.3) is 16.9 Å². The zero-order valence-electron chi connectivity index (χ0n) is 16.4. The fourth-order valence-corrected chi connectivity index (χ4v) is 2.94. The fourth-order valence-electron chi connectivity index (χ4n) is 2.61. The number of ether oxygens (including phenoxy) is 1. The number of halogens is 1. The molecule has 0 radical (unpaired) electrons. The number of aromatic nitrogens is 4. The summed E-state index contributed by atoms with van der Waals surface area (Å²) in [6.07, 6.45) is 14.1. The molecule has 0 aliphatic heterocycles. The first-order chi connectivity index (χ1) is 14.6. The van der Waals surface area contributed by atoms with Crippen molar-refractivity contribution in [2.45, 2.75) is 6.92 Å². The fraction of sp³-hybridized carbons (Fsp3) is 0.143. The molecule has 30 heavy (non-hydrogen) atoms. The van der Waals surface area contributed by atoms with E-state index in [-0.39, 0.29) is 12.5 Å². The second kappa shape index (κ2) is 10.4. The summed E-state index contributed by atoms with van der Waals surface area (Å²) < 4.78 is 9.71. The Balaban J connectivity index is 0.000000212. The van der Waals surface area contributed by atoms with Crippen LogP contribution in [0.5, 0.6) is 0 Å². The van der Waals surface area contributed by atoms with Crippen molar-refractivity contribution in [2.24, 2.45) is 10.7 Å². The van der Waals surface area contributed by atoms with E-state index in [1.807, 2.05) is 57.9 Å². The smallest absolute Gasteiger partial charge is 0.327 e. The maximum absolute atomic E-state index is 11.2. The number of aliphatic imine (C=N–C) groups is 1. The molecule has 0 aromatic carbocycles. The predicted molar refractivity (Wildman–Crippen MR) is 120 cm³/mol. The second-order valence-electron chi connectivity index (χ2n) is 6.04. The summed E-state index contributed by atoms with van der Waals surface area (Å²) in [6, 6.07) is 7.76. The van der Waals surface area contributed by atoms with E-state index in [1.165, 1.54) is 6.20 Å². The van der Waals surface area contributed by atoms with E-state index >= 15 is 0 Å². The zero-order valence-corrected chi connectivity index (χ0v) is 17.9. The molecule has 154 valence electrons. The number of rotatable bonds is 5. The monoisotopic (exact) mass is 468 g/mol. The standard InChI is InChI=1S/C14H16N4O2.C7H5BrN2/c1-2-20-14(19)10-16-9-12(8-15)11-3-5-18-6-4-17-13(18)7-11;8-6-1-3-10-4-2-9-7(10)5-6/h3-9H,2,10,15H2,1H3;1-5H. The van der Waals surface area contributed by atoms with E-state index in [2.05, 4.69) is 30.9 Å². The Hall–Kier alpha value is -3.46. The molecule has 0 aliphatic carbocycles. The third-order valence-corrected chi connectivity index (χ3v) is 4.52. The highest BCUT2D eigenvalue weighted by atomic mass is 79.9. The molecule has 4 aromatic rings. The van der Waals surface area contributed by atoms with Crippen LogP contribution in [0.4, 0.5) is 0 Å². The van der Waals surface area contributed by atoms with E-state index in [9.17, 15) is 4.79 Å². The molecule has 8 nitrogen and oxygen atoms in total. The summed E-state index contributed by atoms with van der Waals surface area (Å²) in [6.45, 7) is 2.09. The Labute approximate surface area is 181 Å². The number of pyridine rings is 2. The molecule has 0 unspecified atom stereocenters. The van der Waals surface area contributed by atoms with E-state index in [0.29, 0.717) is 6.61 Å². The highest BCUT2D eigenvalue weighted by Gasteiger charge is 2.02. The van der Waals surface area contributed by atoms with Gasteiger partial charge in [0.05, 0.1) is 6.61 Å². The summed E-state index contributed by atoms with van der Waals surface area (Å²) in [5.74, 6) is -0.358. The number of allylic oxidation sites excluding steroid dienone is 1. The minimum Gasteiger partial charge on any atom is -0.465 e. The highest BCUT2D eigenvalue weighted by molar-refractivity contribution is 9.10. The van der Waals surface area contributed by atoms with Gasteiger partial charge in [-0.1, -0.05) is 15.9 Å². The van der Waals surface area contributed by atoms with Crippen LogP contribution in [0.1, 0.15) is 12.5 Å². The molecule has 4 rings (SSSR count). The van der Waals surface area contributed by atoms with Crippen LogP contribution in [-0.4, -0.2) is 44.1 Å². The van der Waals surface area contributed by atoms with Crippen molar-refractivity contribution in [1.82, 2.24) is 18.8 Å². The Morgan fingerprint density at radius 2 is 1.80 bits per heavy atom. The number of imidazole rings is 2. The van der Waals surface area contributed by atoms with E-state index in [4.69, 9.17) is 10.5 Å². The molecule has 0 saturated carbocycles. The van der Waals surface area contributed by atoms with Crippen molar-refractivity contribution in [1.29, 1.82) is 0 Å². The third-order valence-electron chi connectivity index (χ3n) is 4.03. The van der Waals surface area contributed by atoms with Crippen LogP contribution in [0, 0.1) is 0 Å². The zero-order chi connectivity index (χ0) is 21.3. The van der Waals surface area contributed by atoms with Crippen molar-refractivity contribution < 1.29 is 9.53 Å². The van der Waals surface area contributed by atoms with Crippen LogP contribution in [0.2, 0.25) is 0 Å². The van der Waals surface area contributed by atoms with Crippen LogP contribution in [0.15, 0.2) is 77.1 Å². The van der Waals surface area contributed by atoms with Crippen LogP contribution < -0.4 is 5.73 Å². The summed E-state index contributed by atoms with van der Waals surface area (Å²) in [5, 5.41) is 0. The molecule has 9 heteroatoms. The van der Waals surface area contributed by atoms with Crippen molar-refractivity contribution in [2.75, 3.05) is 13.2 Å². The van der Waals surface area contributed by atoms with Gasteiger partial charge < -0.3 is 19.3 Å². The minimum absolute atomic E-state index is 0.0171. The molecule has 2 N–H and O–H groups in total. The maximum Gasteiger partial charge on any atom is 0.327 e. The predicted octanol–water partition coefficient (Wildman–Crippen LogP) is 3.36. The van der Waals surface area contributed by atoms with Gasteiger partial charge in [0.2, 0.25) is 0 Å². The van der Waals surface area contributed by atoms with Gasteiger partial charge in [0.1, 0.15) is 17.8 Å². The number of esters is 1. The lowest BCUT2D eigenvalue weighted by atomic mass is 10.1. The summed E-state index contributed by atoms with van der Waals surface area (Å²) in [5.41, 5.74) is 9.00. The third kappa shape index (κ3) is 5.54. The molecule has 0 bridgehead atoms. The number of hydrogen-bond donors (Lipinski definition) is 1. The molecule has 0 fully saturated rings. The normalized spacial score (nSPS) is 11.6. The van der Waals surface area contributed by atoms with Gasteiger partial charge >= 0.3 is 5.97 Å². The van der Waals surface area contributed by atoms with Gasteiger partial charge in [0, 0.05) is 59.6 Å². The molecule has 0 saturated heterocycles. The van der Waals surface area contributed by atoms with Gasteiger partial charge in [-0.3, -0.25) is 9.79 Å². The number of nitrogens with zero attached hydrogens (tertiary/aromatic N) is 5. The lowest BCUT2D eigenvalue weighted by Crippen LogP contribution is -2.07. The Morgan fingerprint density at radius 3 is 2.47 bits per heavy atom.